The summed E-state index contributed by atoms with van der Waals surface area (Å²) in [5.41, 5.74) is 0.446. The van der Waals surface area contributed by atoms with Gasteiger partial charge in [-0.2, -0.15) is 0 Å². The van der Waals surface area contributed by atoms with E-state index in [1.54, 1.807) is 0 Å². The van der Waals surface area contributed by atoms with Crippen molar-refractivity contribution >= 4 is 11.8 Å². The smallest absolute Gasteiger partial charge is 0.226 e. The molecule has 7 atom stereocenters. The predicted molar refractivity (Wildman–Crippen MR) is 107 cm³/mol. The van der Waals surface area contributed by atoms with E-state index in [9.17, 15) is 9.59 Å². The Bertz CT molecular complexity index is 615. The molecule has 4 heteroatoms. The maximum Gasteiger partial charge on any atom is 0.226 e. The number of fused-ring (bicyclic) bond motifs is 5. The number of rotatable bonds is 3. The fourth-order valence-corrected chi connectivity index (χ4v) is 7.86. The normalized spacial score (nSPS) is 46.1. The zero-order valence-corrected chi connectivity index (χ0v) is 17.7. The lowest BCUT2D eigenvalue weighted by Crippen LogP contribution is -2.61. The predicted octanol–water partition coefficient (Wildman–Crippen LogP) is 3.99. The molecule has 1 aliphatic heterocycles. The molecule has 1 unspecified atom stereocenters. The minimum Gasteiger partial charge on any atom is -0.353 e. The third kappa shape index (κ3) is 2.76. The summed E-state index contributed by atoms with van der Waals surface area (Å²) in [4.78, 5) is 27.2. The van der Waals surface area contributed by atoms with E-state index in [0.29, 0.717) is 24.3 Å². The number of nitrogens with one attached hydrogen (secondary N) is 1. The molecule has 0 aromatic carbocycles. The first-order chi connectivity index (χ1) is 12.8. The van der Waals surface area contributed by atoms with Crippen LogP contribution in [0.2, 0.25) is 0 Å². The van der Waals surface area contributed by atoms with Gasteiger partial charge in [-0.3, -0.25) is 9.59 Å². The lowest BCUT2D eigenvalue weighted by Gasteiger charge is -2.60. The maximum atomic E-state index is 13.2. The second kappa shape index (κ2) is 6.77. The van der Waals surface area contributed by atoms with Crippen molar-refractivity contribution in [3.63, 3.8) is 0 Å². The van der Waals surface area contributed by atoms with E-state index in [2.05, 4.69) is 37.9 Å². The molecule has 4 fully saturated rings. The second-order valence-corrected chi connectivity index (χ2v) is 10.3. The van der Waals surface area contributed by atoms with Crippen molar-refractivity contribution in [2.24, 2.45) is 34.5 Å². The zero-order chi connectivity index (χ0) is 19.4. The van der Waals surface area contributed by atoms with Crippen LogP contribution in [0.5, 0.6) is 0 Å². The molecule has 0 aromatic rings. The molecule has 0 radical (unpaired) electrons. The van der Waals surface area contributed by atoms with Crippen LogP contribution >= 0.6 is 0 Å². The number of nitrogens with zero attached hydrogens (tertiary/aromatic N) is 1. The molecule has 1 N–H and O–H groups in total. The Labute approximate surface area is 164 Å². The average Bonchev–Trinajstić information content (AvgIpc) is 3.00. The fourth-order valence-electron chi connectivity index (χ4n) is 7.86. The van der Waals surface area contributed by atoms with E-state index in [-0.39, 0.29) is 22.7 Å². The highest BCUT2D eigenvalue weighted by molar-refractivity contribution is 5.80. The van der Waals surface area contributed by atoms with E-state index >= 15 is 0 Å². The van der Waals surface area contributed by atoms with Crippen molar-refractivity contribution in [3.8, 4) is 0 Å². The summed E-state index contributed by atoms with van der Waals surface area (Å²) < 4.78 is 0. The molecule has 4 aliphatic rings. The Morgan fingerprint density at radius 1 is 1.00 bits per heavy atom. The van der Waals surface area contributed by atoms with Crippen molar-refractivity contribution in [1.82, 2.24) is 10.2 Å². The molecular formula is C23H38N2O2. The van der Waals surface area contributed by atoms with Crippen molar-refractivity contribution in [2.45, 2.75) is 85.1 Å². The van der Waals surface area contributed by atoms with Crippen LogP contribution in [0, 0.1) is 34.5 Å². The summed E-state index contributed by atoms with van der Waals surface area (Å²) in [6.45, 7) is 10.8. The minimum atomic E-state index is 0.182. The SMILES string of the molecule is CCN(CC)C(=O)[C@H]1CC[C@H]2[C@@H]3CC[C@H]4NC(=O)CC[C@]4(C)C3CC[C@]12C. The molecule has 0 bridgehead atoms. The number of hydrogen-bond acceptors (Lipinski definition) is 2. The van der Waals surface area contributed by atoms with Crippen LogP contribution in [-0.4, -0.2) is 35.8 Å². The molecule has 27 heavy (non-hydrogen) atoms. The monoisotopic (exact) mass is 374 g/mol. The molecule has 4 rings (SSSR count). The molecule has 0 spiro atoms. The van der Waals surface area contributed by atoms with Gasteiger partial charge in [-0.15, -0.1) is 0 Å². The summed E-state index contributed by atoms with van der Waals surface area (Å²) in [5, 5.41) is 3.32. The third-order valence-corrected chi connectivity index (χ3v) is 9.47. The van der Waals surface area contributed by atoms with Gasteiger partial charge < -0.3 is 10.2 Å². The molecule has 1 saturated heterocycles. The van der Waals surface area contributed by atoms with Gasteiger partial charge >= 0.3 is 0 Å². The number of carbonyl (C=O) groups is 2. The number of amides is 2. The van der Waals surface area contributed by atoms with E-state index in [0.717, 1.165) is 44.2 Å². The molecule has 3 aliphatic carbocycles. The first-order valence-electron chi connectivity index (χ1n) is 11.4. The first kappa shape index (κ1) is 19.3. The summed E-state index contributed by atoms with van der Waals surface area (Å²) >= 11 is 0. The van der Waals surface area contributed by atoms with E-state index < -0.39 is 0 Å². The van der Waals surface area contributed by atoms with Gasteiger partial charge in [-0.25, -0.2) is 0 Å². The van der Waals surface area contributed by atoms with Crippen molar-refractivity contribution in [3.05, 3.63) is 0 Å². The van der Waals surface area contributed by atoms with Crippen LogP contribution < -0.4 is 5.32 Å². The largest absolute Gasteiger partial charge is 0.353 e. The minimum absolute atomic E-state index is 0.182. The van der Waals surface area contributed by atoms with Gasteiger partial charge in [0.1, 0.15) is 0 Å². The Hall–Kier alpha value is -1.06. The summed E-state index contributed by atoms with van der Waals surface area (Å²) in [6, 6.07) is 0.374. The van der Waals surface area contributed by atoms with Crippen LogP contribution in [-0.2, 0) is 9.59 Å². The van der Waals surface area contributed by atoms with Crippen molar-refractivity contribution in [1.29, 1.82) is 0 Å². The summed E-state index contributed by atoms with van der Waals surface area (Å²) in [5.74, 6) is 3.04. The van der Waals surface area contributed by atoms with E-state index in [1.807, 2.05) is 0 Å². The Balaban J connectivity index is 1.57. The lowest BCUT2D eigenvalue weighted by atomic mass is 9.47. The topological polar surface area (TPSA) is 49.4 Å². The quantitative estimate of drug-likeness (QED) is 0.812. The van der Waals surface area contributed by atoms with Gasteiger partial charge in [0, 0.05) is 31.5 Å². The van der Waals surface area contributed by atoms with Gasteiger partial charge in [0.15, 0.2) is 0 Å². The summed E-state index contributed by atoms with van der Waals surface area (Å²) in [6.07, 6.45) is 8.84. The van der Waals surface area contributed by atoms with E-state index in [1.165, 1.54) is 25.7 Å². The maximum absolute atomic E-state index is 13.2. The standard InChI is InChI=1S/C23H38N2O2/c1-5-25(6-2)21(27)18-9-8-16-15-7-10-19-23(4,14-12-20(26)24-19)17(15)11-13-22(16,18)3/h15-19H,5-14H2,1-4H3,(H,24,26)/t15-,16-,17?,18+,19+,22-,23+/m0/s1. The highest BCUT2D eigenvalue weighted by Gasteiger charge is 2.61. The van der Waals surface area contributed by atoms with Crippen molar-refractivity contribution < 1.29 is 9.59 Å². The van der Waals surface area contributed by atoms with Gasteiger partial charge in [0.2, 0.25) is 11.8 Å². The molecule has 152 valence electrons. The Morgan fingerprint density at radius 3 is 2.41 bits per heavy atom. The van der Waals surface area contributed by atoms with E-state index in [4.69, 9.17) is 0 Å². The second-order valence-electron chi connectivity index (χ2n) is 10.3. The fraction of sp³-hybridized carbons (Fsp3) is 0.913. The Morgan fingerprint density at radius 2 is 1.70 bits per heavy atom. The molecular weight excluding hydrogens is 336 g/mol. The highest BCUT2D eigenvalue weighted by Crippen LogP contribution is 2.65. The molecule has 4 nitrogen and oxygen atoms in total. The van der Waals surface area contributed by atoms with Gasteiger partial charge in [0.25, 0.3) is 0 Å². The van der Waals surface area contributed by atoms with Crippen LogP contribution in [0.15, 0.2) is 0 Å². The zero-order valence-electron chi connectivity index (χ0n) is 17.7. The molecule has 3 saturated carbocycles. The van der Waals surface area contributed by atoms with Gasteiger partial charge in [-0.1, -0.05) is 13.8 Å². The summed E-state index contributed by atoms with van der Waals surface area (Å²) in [7, 11) is 0. The molecule has 2 amide bonds. The van der Waals surface area contributed by atoms with Crippen LogP contribution in [0.4, 0.5) is 0 Å². The molecule has 1 heterocycles. The highest BCUT2D eigenvalue weighted by atomic mass is 16.2. The number of carbonyl (C=O) groups excluding carboxylic acids is 2. The van der Waals surface area contributed by atoms with Gasteiger partial charge in [0.05, 0.1) is 0 Å². The first-order valence-corrected chi connectivity index (χ1v) is 11.4. The Kier molecular flexibility index (Phi) is 4.83. The number of piperidine rings is 1. The third-order valence-electron chi connectivity index (χ3n) is 9.47. The lowest BCUT2D eigenvalue weighted by molar-refractivity contribution is -0.147. The van der Waals surface area contributed by atoms with Crippen LogP contribution in [0.25, 0.3) is 0 Å². The molecule has 0 aromatic heterocycles. The number of hydrogen-bond donors (Lipinski definition) is 1. The average molecular weight is 375 g/mol. The van der Waals surface area contributed by atoms with Crippen molar-refractivity contribution in [2.75, 3.05) is 13.1 Å². The van der Waals surface area contributed by atoms with Gasteiger partial charge in [-0.05, 0) is 87.4 Å². The van der Waals surface area contributed by atoms with Crippen LogP contribution in [0.1, 0.15) is 79.1 Å². The van der Waals surface area contributed by atoms with Crippen LogP contribution in [0.3, 0.4) is 0 Å².